The molecule has 1 amide bonds. The van der Waals surface area contributed by atoms with Gasteiger partial charge in [0, 0.05) is 18.0 Å². The van der Waals surface area contributed by atoms with E-state index in [1.54, 1.807) is 57.8 Å². The number of anilines is 1. The van der Waals surface area contributed by atoms with E-state index in [0.717, 1.165) is 0 Å². The van der Waals surface area contributed by atoms with Crippen molar-refractivity contribution in [1.82, 2.24) is 9.97 Å². The predicted molar refractivity (Wildman–Crippen MR) is 103 cm³/mol. The molecule has 2 heterocycles. The van der Waals surface area contributed by atoms with Crippen LogP contribution in [0.3, 0.4) is 0 Å². The number of thiazole rings is 1. The average Bonchev–Trinajstić information content (AvgIpc) is 3.08. The van der Waals surface area contributed by atoms with Crippen LogP contribution in [0, 0.1) is 6.92 Å². The molecule has 3 aromatic rings. The summed E-state index contributed by atoms with van der Waals surface area (Å²) in [5, 5.41) is 3.57. The molecule has 0 radical (unpaired) electrons. The fraction of sp³-hybridized carbons (Fsp3) is 0.211. The van der Waals surface area contributed by atoms with E-state index in [1.807, 2.05) is 6.07 Å². The van der Waals surface area contributed by atoms with Crippen molar-refractivity contribution in [2.24, 2.45) is 0 Å². The maximum Gasteiger partial charge on any atom is 0.267 e. The van der Waals surface area contributed by atoms with Crippen LogP contribution < -0.4 is 19.5 Å². The Kier molecular flexibility index (Phi) is 5.87. The lowest BCUT2D eigenvalue weighted by Gasteiger charge is -2.10. The lowest BCUT2D eigenvalue weighted by molar-refractivity contribution is 0.103. The number of carbonyl (C=O) groups excluding carboxylic acids is 1. The Hall–Kier alpha value is -3.13. The van der Waals surface area contributed by atoms with Gasteiger partial charge < -0.3 is 19.5 Å². The van der Waals surface area contributed by atoms with Gasteiger partial charge in [0.15, 0.2) is 11.5 Å². The number of benzene rings is 1. The number of nitrogens with one attached hydrogen (secondary N) is 1. The monoisotopic (exact) mass is 385 g/mol. The molecule has 1 N–H and O–H groups in total. The maximum absolute atomic E-state index is 12.6. The molecule has 27 heavy (non-hydrogen) atoms. The molecule has 0 fully saturated rings. The number of amides is 1. The molecule has 3 rings (SSSR count). The second kappa shape index (κ2) is 8.50. The number of pyridine rings is 1. The van der Waals surface area contributed by atoms with Crippen molar-refractivity contribution in [3.63, 3.8) is 0 Å². The highest BCUT2D eigenvalue weighted by molar-refractivity contribution is 7.13. The van der Waals surface area contributed by atoms with E-state index in [0.29, 0.717) is 38.5 Å². The van der Waals surface area contributed by atoms with Gasteiger partial charge in [0.25, 0.3) is 5.91 Å². The first-order valence-corrected chi connectivity index (χ1v) is 8.95. The lowest BCUT2D eigenvalue weighted by Crippen LogP contribution is -2.11. The van der Waals surface area contributed by atoms with E-state index in [9.17, 15) is 4.79 Å². The topological polar surface area (TPSA) is 82.6 Å². The summed E-state index contributed by atoms with van der Waals surface area (Å²) in [5.41, 5.74) is 1.27. The van der Waals surface area contributed by atoms with Crippen molar-refractivity contribution in [3.8, 4) is 17.2 Å². The van der Waals surface area contributed by atoms with Crippen LogP contribution in [0.5, 0.6) is 17.2 Å². The molecule has 0 saturated heterocycles. The third-order valence-electron chi connectivity index (χ3n) is 3.69. The summed E-state index contributed by atoms with van der Waals surface area (Å²) in [5.74, 6) is 1.56. The fourth-order valence-corrected chi connectivity index (χ4v) is 3.28. The largest absolute Gasteiger partial charge is 0.493 e. The second-order valence-electron chi connectivity index (χ2n) is 5.52. The predicted octanol–water partition coefficient (Wildman–Crippen LogP) is 3.70. The van der Waals surface area contributed by atoms with Gasteiger partial charge in [0.2, 0.25) is 0 Å². The molecule has 140 valence electrons. The van der Waals surface area contributed by atoms with Gasteiger partial charge >= 0.3 is 0 Å². The zero-order chi connectivity index (χ0) is 19.2. The third kappa shape index (κ3) is 4.53. The van der Waals surface area contributed by atoms with E-state index in [4.69, 9.17) is 14.2 Å². The van der Waals surface area contributed by atoms with Crippen molar-refractivity contribution in [2.45, 2.75) is 13.5 Å². The van der Waals surface area contributed by atoms with Crippen LogP contribution in [0.4, 0.5) is 5.69 Å². The maximum atomic E-state index is 12.6. The van der Waals surface area contributed by atoms with Gasteiger partial charge in [-0.15, -0.1) is 11.3 Å². The minimum absolute atomic E-state index is 0.232. The molecule has 1 aromatic carbocycles. The van der Waals surface area contributed by atoms with Crippen molar-refractivity contribution in [1.29, 1.82) is 0 Å². The number of hydrogen-bond acceptors (Lipinski definition) is 7. The molecule has 0 spiro atoms. The molecule has 0 unspecified atom stereocenters. The van der Waals surface area contributed by atoms with E-state index < -0.39 is 0 Å². The molecule has 0 bridgehead atoms. The molecular weight excluding hydrogens is 366 g/mol. The molecule has 0 aliphatic heterocycles. The van der Waals surface area contributed by atoms with Crippen LogP contribution in [0.2, 0.25) is 0 Å². The van der Waals surface area contributed by atoms with Crippen LogP contribution in [0.25, 0.3) is 0 Å². The molecule has 0 aliphatic rings. The minimum atomic E-state index is -0.232. The summed E-state index contributed by atoms with van der Waals surface area (Å²) in [7, 11) is 3.11. The smallest absolute Gasteiger partial charge is 0.267 e. The van der Waals surface area contributed by atoms with Gasteiger partial charge in [-0.05, 0) is 31.2 Å². The second-order valence-corrected chi connectivity index (χ2v) is 6.61. The normalized spacial score (nSPS) is 10.3. The lowest BCUT2D eigenvalue weighted by atomic mass is 10.2. The zero-order valence-corrected chi connectivity index (χ0v) is 16.0. The Morgan fingerprint density at radius 2 is 2.00 bits per heavy atom. The first-order valence-electron chi connectivity index (χ1n) is 8.13. The Balaban J connectivity index is 1.69. The first kappa shape index (κ1) is 18.7. The first-order chi connectivity index (χ1) is 13.1. The van der Waals surface area contributed by atoms with Crippen molar-refractivity contribution in [3.05, 3.63) is 58.3 Å². The summed E-state index contributed by atoms with van der Waals surface area (Å²) in [6.45, 7) is 2.08. The van der Waals surface area contributed by atoms with Crippen LogP contribution in [-0.2, 0) is 6.61 Å². The Morgan fingerprint density at radius 3 is 2.70 bits per heavy atom. The van der Waals surface area contributed by atoms with Crippen molar-refractivity contribution in [2.75, 3.05) is 19.5 Å². The number of ether oxygens (including phenoxy) is 3. The summed E-state index contributed by atoms with van der Waals surface area (Å²) < 4.78 is 16.1. The zero-order valence-electron chi connectivity index (χ0n) is 15.2. The van der Waals surface area contributed by atoms with Gasteiger partial charge in [-0.25, -0.2) is 4.98 Å². The molecular formula is C19H19N3O4S. The summed E-state index contributed by atoms with van der Waals surface area (Å²) in [6.07, 6.45) is 3.31. The van der Waals surface area contributed by atoms with Crippen molar-refractivity contribution >= 4 is 22.9 Å². The van der Waals surface area contributed by atoms with Crippen LogP contribution >= 0.6 is 11.3 Å². The van der Waals surface area contributed by atoms with Gasteiger partial charge in [0.1, 0.15) is 22.2 Å². The van der Waals surface area contributed by atoms with Crippen LogP contribution in [0.15, 0.2) is 42.7 Å². The Morgan fingerprint density at radius 1 is 1.19 bits per heavy atom. The van der Waals surface area contributed by atoms with Crippen molar-refractivity contribution < 1.29 is 19.0 Å². The van der Waals surface area contributed by atoms with E-state index in [2.05, 4.69) is 15.3 Å². The summed E-state index contributed by atoms with van der Waals surface area (Å²) in [4.78, 5) is 21.6. The minimum Gasteiger partial charge on any atom is -0.493 e. The number of aryl methyl sites for hydroxylation is 1. The van der Waals surface area contributed by atoms with Gasteiger partial charge in [-0.1, -0.05) is 0 Å². The van der Waals surface area contributed by atoms with Crippen LogP contribution in [-0.4, -0.2) is 30.1 Å². The Labute approximate surface area is 161 Å². The third-order valence-corrected chi connectivity index (χ3v) is 4.81. The summed E-state index contributed by atoms with van der Waals surface area (Å²) in [6, 6.07) is 8.81. The number of methoxy groups -OCH3 is 2. The molecule has 8 heteroatoms. The van der Waals surface area contributed by atoms with Gasteiger partial charge in [0.05, 0.1) is 26.1 Å². The highest BCUT2D eigenvalue weighted by atomic mass is 32.1. The molecule has 2 aromatic heterocycles. The standard InChI is InChI=1S/C19H19N3O4S/c1-12-18(27-17(21-12)11-26-14-5-4-8-20-10-14)19(23)22-13-6-7-15(24-2)16(9-13)25-3/h4-10H,11H2,1-3H3,(H,22,23). The van der Waals surface area contributed by atoms with E-state index >= 15 is 0 Å². The quantitative estimate of drug-likeness (QED) is 0.668. The number of aromatic nitrogens is 2. The molecule has 0 saturated carbocycles. The number of carbonyl (C=O) groups is 1. The van der Waals surface area contributed by atoms with E-state index in [-0.39, 0.29) is 12.5 Å². The fourth-order valence-electron chi connectivity index (χ4n) is 2.40. The summed E-state index contributed by atoms with van der Waals surface area (Å²) >= 11 is 1.30. The highest BCUT2D eigenvalue weighted by Gasteiger charge is 2.16. The molecule has 0 aliphatic carbocycles. The highest BCUT2D eigenvalue weighted by Crippen LogP contribution is 2.30. The van der Waals surface area contributed by atoms with Crippen LogP contribution in [0.1, 0.15) is 20.4 Å². The number of hydrogen-bond donors (Lipinski definition) is 1. The van der Waals surface area contributed by atoms with E-state index in [1.165, 1.54) is 11.3 Å². The Bertz CT molecular complexity index is 928. The molecule has 7 nitrogen and oxygen atoms in total. The number of rotatable bonds is 7. The SMILES string of the molecule is COc1ccc(NC(=O)c2sc(COc3cccnc3)nc2C)cc1OC. The average molecular weight is 385 g/mol. The van der Waals surface area contributed by atoms with Gasteiger partial charge in [-0.2, -0.15) is 0 Å². The number of nitrogens with zero attached hydrogens (tertiary/aromatic N) is 2. The molecule has 0 atom stereocenters. The van der Waals surface area contributed by atoms with Gasteiger partial charge in [-0.3, -0.25) is 9.78 Å².